The van der Waals surface area contributed by atoms with Gasteiger partial charge in [-0.3, -0.25) is 0 Å². The van der Waals surface area contributed by atoms with Crippen LogP contribution in [0.1, 0.15) is 5.56 Å². The average Bonchev–Trinajstić information content (AvgIpc) is 2.05. The van der Waals surface area contributed by atoms with Gasteiger partial charge >= 0.3 is 0 Å². The maximum absolute atomic E-state index is 11.1. The lowest BCUT2D eigenvalue weighted by molar-refractivity contribution is 0.688. The minimum absolute atomic E-state index is 0.811. The van der Waals surface area contributed by atoms with Crippen LogP contribution in [0.15, 0.2) is 41.1 Å². The van der Waals surface area contributed by atoms with E-state index in [-0.39, 0.29) is 0 Å². The highest BCUT2D eigenvalue weighted by atomic mass is 32.2. The molecule has 0 radical (unpaired) electrons. The Morgan fingerprint density at radius 3 is 2.36 bits per heavy atom. The molecular weight excluding hydrogens is 156 g/mol. The molecule has 2 heteroatoms. The minimum atomic E-state index is -1.03. The van der Waals surface area contributed by atoms with Crippen LogP contribution in [0.25, 0.3) is 0 Å². The van der Waals surface area contributed by atoms with Crippen LogP contribution in [0.5, 0.6) is 0 Å². The van der Waals surface area contributed by atoms with Gasteiger partial charge in [0.15, 0.2) is 0 Å². The number of aryl methyl sites for hydroxylation is 1. The standard InChI is InChI=1S/C9H10OS/c1-3-11(10)9-6-4-8(2)5-7-9/h3-7H,1H2,2H3. The third kappa shape index (κ3) is 2.02. The van der Waals surface area contributed by atoms with Gasteiger partial charge in [-0.1, -0.05) is 24.3 Å². The van der Waals surface area contributed by atoms with Crippen LogP contribution in [0.3, 0.4) is 0 Å². The van der Waals surface area contributed by atoms with Gasteiger partial charge in [0.2, 0.25) is 0 Å². The van der Waals surface area contributed by atoms with Gasteiger partial charge in [-0.2, -0.15) is 0 Å². The maximum Gasteiger partial charge on any atom is 0.0769 e. The molecule has 58 valence electrons. The van der Waals surface area contributed by atoms with Gasteiger partial charge in [0.1, 0.15) is 0 Å². The second kappa shape index (κ2) is 3.49. The fourth-order valence-corrected chi connectivity index (χ4v) is 1.37. The van der Waals surface area contributed by atoms with E-state index in [1.54, 1.807) is 0 Å². The highest BCUT2D eigenvalue weighted by Gasteiger charge is 1.95. The van der Waals surface area contributed by atoms with Gasteiger partial charge < -0.3 is 0 Å². The summed E-state index contributed by atoms with van der Waals surface area (Å²) in [4.78, 5) is 0.811. The summed E-state index contributed by atoms with van der Waals surface area (Å²) in [6.07, 6.45) is 0. The Balaban J connectivity index is 2.98. The van der Waals surface area contributed by atoms with Gasteiger partial charge in [0.25, 0.3) is 0 Å². The summed E-state index contributed by atoms with van der Waals surface area (Å²) in [6.45, 7) is 5.46. The molecule has 0 saturated carbocycles. The Labute approximate surface area is 69.2 Å². The van der Waals surface area contributed by atoms with Crippen LogP contribution in [0.4, 0.5) is 0 Å². The van der Waals surface area contributed by atoms with Crippen molar-refractivity contribution in [1.82, 2.24) is 0 Å². The van der Waals surface area contributed by atoms with Crippen LogP contribution in [-0.2, 0) is 10.8 Å². The van der Waals surface area contributed by atoms with E-state index < -0.39 is 10.8 Å². The van der Waals surface area contributed by atoms with Gasteiger partial charge in [0, 0.05) is 10.3 Å². The predicted molar refractivity (Wildman–Crippen MR) is 47.8 cm³/mol. The molecule has 0 aliphatic carbocycles. The van der Waals surface area contributed by atoms with Crippen molar-refractivity contribution in [1.29, 1.82) is 0 Å². The van der Waals surface area contributed by atoms with E-state index in [9.17, 15) is 4.21 Å². The summed E-state index contributed by atoms with van der Waals surface area (Å²) in [6, 6.07) is 7.59. The molecule has 1 rings (SSSR count). The zero-order chi connectivity index (χ0) is 8.27. The third-order valence-electron chi connectivity index (χ3n) is 1.40. The van der Waals surface area contributed by atoms with E-state index in [1.807, 2.05) is 31.2 Å². The molecule has 11 heavy (non-hydrogen) atoms. The van der Waals surface area contributed by atoms with E-state index in [0.717, 1.165) is 4.90 Å². The molecule has 0 bridgehead atoms. The lowest BCUT2D eigenvalue weighted by Gasteiger charge is -1.95. The normalized spacial score (nSPS) is 12.5. The monoisotopic (exact) mass is 166 g/mol. The van der Waals surface area contributed by atoms with E-state index in [4.69, 9.17) is 0 Å². The fraction of sp³-hybridized carbons (Fsp3) is 0.111. The number of hydrogen-bond acceptors (Lipinski definition) is 1. The van der Waals surface area contributed by atoms with Gasteiger partial charge in [-0.25, -0.2) is 4.21 Å². The van der Waals surface area contributed by atoms with Crippen LogP contribution in [0, 0.1) is 6.92 Å². The number of benzene rings is 1. The molecule has 0 N–H and O–H groups in total. The summed E-state index contributed by atoms with van der Waals surface area (Å²) in [5.74, 6) is 0. The van der Waals surface area contributed by atoms with Crippen LogP contribution in [0.2, 0.25) is 0 Å². The van der Waals surface area contributed by atoms with Gasteiger partial charge in [-0.15, -0.1) is 0 Å². The Hall–Kier alpha value is -0.890. The first kappa shape index (κ1) is 8.21. The van der Waals surface area contributed by atoms with Crippen molar-refractivity contribution in [2.45, 2.75) is 11.8 Å². The Kier molecular flexibility index (Phi) is 2.60. The summed E-state index contributed by atoms with van der Waals surface area (Å²) in [5, 5.41) is 1.44. The molecule has 1 aromatic rings. The summed E-state index contributed by atoms with van der Waals surface area (Å²) < 4.78 is 11.1. The molecule has 0 fully saturated rings. The van der Waals surface area contributed by atoms with Crippen molar-refractivity contribution in [3.8, 4) is 0 Å². The van der Waals surface area contributed by atoms with Crippen molar-refractivity contribution in [2.24, 2.45) is 0 Å². The molecule has 1 atom stereocenters. The first-order valence-corrected chi connectivity index (χ1v) is 4.55. The molecule has 0 aliphatic rings. The lowest BCUT2D eigenvalue weighted by Crippen LogP contribution is -1.84. The molecule has 0 aromatic heterocycles. The van der Waals surface area contributed by atoms with E-state index in [0.29, 0.717) is 0 Å². The molecule has 0 aliphatic heterocycles. The molecule has 1 unspecified atom stereocenters. The Morgan fingerprint density at radius 2 is 1.91 bits per heavy atom. The summed E-state index contributed by atoms with van der Waals surface area (Å²) >= 11 is 0. The summed E-state index contributed by atoms with van der Waals surface area (Å²) in [5.41, 5.74) is 1.18. The maximum atomic E-state index is 11.1. The zero-order valence-electron chi connectivity index (χ0n) is 6.41. The van der Waals surface area contributed by atoms with Crippen LogP contribution in [-0.4, -0.2) is 4.21 Å². The van der Waals surface area contributed by atoms with Crippen molar-refractivity contribution >= 4 is 10.8 Å². The van der Waals surface area contributed by atoms with Crippen LogP contribution < -0.4 is 0 Å². The van der Waals surface area contributed by atoms with Crippen molar-refractivity contribution in [2.75, 3.05) is 0 Å². The Bertz CT molecular complexity index is 274. The first-order chi connectivity index (χ1) is 5.24. The molecule has 1 nitrogen and oxygen atoms in total. The molecule has 0 heterocycles. The number of hydrogen-bond donors (Lipinski definition) is 0. The fourth-order valence-electron chi connectivity index (χ4n) is 0.769. The first-order valence-electron chi connectivity index (χ1n) is 3.34. The zero-order valence-corrected chi connectivity index (χ0v) is 7.23. The lowest BCUT2D eigenvalue weighted by atomic mass is 10.2. The van der Waals surface area contributed by atoms with Gasteiger partial charge in [-0.05, 0) is 19.1 Å². The highest BCUT2D eigenvalue weighted by molar-refractivity contribution is 7.88. The third-order valence-corrected chi connectivity index (χ3v) is 2.44. The van der Waals surface area contributed by atoms with E-state index in [2.05, 4.69) is 6.58 Å². The highest BCUT2D eigenvalue weighted by Crippen LogP contribution is 2.08. The molecule has 1 aromatic carbocycles. The summed E-state index contributed by atoms with van der Waals surface area (Å²) in [7, 11) is -1.03. The van der Waals surface area contributed by atoms with E-state index >= 15 is 0 Å². The SMILES string of the molecule is C=CS(=O)c1ccc(C)cc1. The smallest absolute Gasteiger partial charge is 0.0769 e. The molecule has 0 spiro atoms. The topological polar surface area (TPSA) is 17.1 Å². The minimum Gasteiger partial charge on any atom is -0.250 e. The van der Waals surface area contributed by atoms with Crippen LogP contribution >= 0.6 is 0 Å². The van der Waals surface area contributed by atoms with Gasteiger partial charge in [0.05, 0.1) is 10.8 Å². The van der Waals surface area contributed by atoms with Crippen molar-refractivity contribution < 1.29 is 4.21 Å². The second-order valence-corrected chi connectivity index (χ2v) is 3.68. The quantitative estimate of drug-likeness (QED) is 0.658. The van der Waals surface area contributed by atoms with Crippen molar-refractivity contribution in [3.63, 3.8) is 0 Å². The average molecular weight is 166 g/mol. The Morgan fingerprint density at radius 1 is 1.36 bits per heavy atom. The second-order valence-electron chi connectivity index (χ2n) is 2.28. The molecular formula is C9H10OS. The molecule has 0 amide bonds. The number of rotatable bonds is 2. The largest absolute Gasteiger partial charge is 0.250 e. The van der Waals surface area contributed by atoms with Crippen molar-refractivity contribution in [3.05, 3.63) is 41.8 Å². The van der Waals surface area contributed by atoms with E-state index in [1.165, 1.54) is 11.0 Å². The molecule has 0 saturated heterocycles. The predicted octanol–water partition coefficient (Wildman–Crippen LogP) is 2.25.